The number of carboxylic acids is 1. The first-order chi connectivity index (χ1) is 9.16. The summed E-state index contributed by atoms with van der Waals surface area (Å²) in [5, 5.41) is 10.7. The molecule has 0 fully saturated rings. The van der Waals surface area contributed by atoms with Gasteiger partial charge in [0, 0.05) is 6.20 Å². The molecule has 3 rings (SSSR count). The molecule has 3 heterocycles. The van der Waals surface area contributed by atoms with Crippen molar-refractivity contribution in [2.24, 2.45) is 0 Å². The number of carbonyl (C=O) groups is 1. The highest BCUT2D eigenvalue weighted by Gasteiger charge is 2.16. The van der Waals surface area contributed by atoms with Gasteiger partial charge < -0.3 is 9.52 Å². The van der Waals surface area contributed by atoms with E-state index < -0.39 is 11.7 Å². The van der Waals surface area contributed by atoms with Crippen molar-refractivity contribution in [1.29, 1.82) is 0 Å². The van der Waals surface area contributed by atoms with Gasteiger partial charge in [-0.3, -0.25) is 4.57 Å². The number of hydrogen-bond acceptors (Lipinski definition) is 5. The van der Waals surface area contributed by atoms with E-state index in [1.165, 1.54) is 4.57 Å². The number of fused-ring (bicyclic) bond motifs is 1. The molecule has 0 saturated heterocycles. The quantitative estimate of drug-likeness (QED) is 0.788. The highest BCUT2D eigenvalue weighted by Crippen LogP contribution is 2.19. The molecule has 0 atom stereocenters. The van der Waals surface area contributed by atoms with Crippen LogP contribution in [-0.2, 0) is 6.54 Å². The minimum Gasteiger partial charge on any atom is -0.477 e. The van der Waals surface area contributed by atoms with E-state index in [-0.39, 0.29) is 11.4 Å². The molecule has 0 aliphatic carbocycles. The summed E-state index contributed by atoms with van der Waals surface area (Å²) in [6, 6.07) is 5.00. The van der Waals surface area contributed by atoms with Gasteiger partial charge in [-0.1, -0.05) is 0 Å². The number of hydrogen-bond donors (Lipinski definition) is 1. The summed E-state index contributed by atoms with van der Waals surface area (Å²) in [6.07, 6.45) is 1.56. The van der Waals surface area contributed by atoms with Crippen LogP contribution in [0.15, 0.2) is 39.0 Å². The lowest BCUT2D eigenvalue weighted by atomic mass is 10.2. The van der Waals surface area contributed by atoms with Crippen LogP contribution < -0.4 is 5.76 Å². The molecule has 3 aromatic rings. The molecule has 0 bridgehead atoms. The minimum absolute atomic E-state index is 0.133. The summed E-state index contributed by atoms with van der Waals surface area (Å²) in [4.78, 5) is 27.1. The van der Waals surface area contributed by atoms with Crippen molar-refractivity contribution in [2.75, 3.05) is 0 Å². The zero-order valence-corrected chi connectivity index (χ0v) is 10.4. The van der Waals surface area contributed by atoms with E-state index in [0.29, 0.717) is 16.8 Å². The van der Waals surface area contributed by atoms with Crippen LogP contribution in [0, 0.1) is 0 Å². The van der Waals surface area contributed by atoms with Crippen molar-refractivity contribution in [3.05, 3.63) is 50.8 Å². The van der Waals surface area contributed by atoms with Crippen molar-refractivity contribution in [1.82, 2.24) is 9.55 Å². The maximum Gasteiger partial charge on any atom is 0.421 e. The summed E-state index contributed by atoms with van der Waals surface area (Å²) in [5.41, 5.74) is 1.36. The average molecular weight is 276 g/mol. The van der Waals surface area contributed by atoms with Crippen LogP contribution in [0.2, 0.25) is 0 Å². The fraction of sp³-hybridized carbons (Fsp3) is 0.0833. The molecular weight excluding hydrogens is 268 g/mol. The molecular formula is C12H8N2O4S. The maximum atomic E-state index is 11.8. The first kappa shape index (κ1) is 11.7. The summed E-state index contributed by atoms with van der Waals surface area (Å²) >= 11 is 1.12. The summed E-state index contributed by atoms with van der Waals surface area (Å²) < 4.78 is 6.37. The van der Waals surface area contributed by atoms with E-state index in [1.807, 2.05) is 0 Å². The summed E-state index contributed by atoms with van der Waals surface area (Å²) in [5.74, 6) is -1.55. The van der Waals surface area contributed by atoms with Gasteiger partial charge in [0.2, 0.25) is 0 Å². The van der Waals surface area contributed by atoms with Crippen LogP contribution >= 0.6 is 11.3 Å². The average Bonchev–Trinajstić information content (AvgIpc) is 2.96. The van der Waals surface area contributed by atoms with E-state index in [0.717, 1.165) is 11.3 Å². The molecule has 0 aliphatic heterocycles. The zero-order chi connectivity index (χ0) is 13.4. The number of rotatable bonds is 3. The van der Waals surface area contributed by atoms with Gasteiger partial charge in [-0.05, 0) is 29.1 Å². The van der Waals surface area contributed by atoms with Crippen molar-refractivity contribution < 1.29 is 14.3 Å². The Labute approximate surface area is 110 Å². The Hall–Kier alpha value is -2.41. The van der Waals surface area contributed by atoms with Crippen molar-refractivity contribution in [3.8, 4) is 0 Å². The monoisotopic (exact) mass is 276 g/mol. The molecule has 0 aromatic carbocycles. The van der Waals surface area contributed by atoms with Crippen molar-refractivity contribution in [3.63, 3.8) is 0 Å². The molecule has 96 valence electrons. The van der Waals surface area contributed by atoms with Crippen molar-refractivity contribution in [2.45, 2.75) is 6.54 Å². The number of nitrogens with zero attached hydrogens (tertiary/aromatic N) is 2. The number of aromatic carboxylic acids is 1. The Balaban J connectivity index is 2.11. The van der Waals surface area contributed by atoms with Gasteiger partial charge in [0.1, 0.15) is 4.88 Å². The largest absolute Gasteiger partial charge is 0.477 e. The van der Waals surface area contributed by atoms with E-state index in [1.54, 1.807) is 29.8 Å². The van der Waals surface area contributed by atoms with Gasteiger partial charge in [0.25, 0.3) is 0 Å². The summed E-state index contributed by atoms with van der Waals surface area (Å²) in [6.45, 7) is 0.133. The van der Waals surface area contributed by atoms with Crippen molar-refractivity contribution >= 4 is 28.5 Å². The Morgan fingerprint density at radius 1 is 1.47 bits per heavy atom. The summed E-state index contributed by atoms with van der Waals surface area (Å²) in [7, 11) is 0. The molecule has 0 spiro atoms. The third-order valence-electron chi connectivity index (χ3n) is 2.69. The molecule has 0 unspecified atom stereocenters. The van der Waals surface area contributed by atoms with Gasteiger partial charge in [-0.2, -0.15) is 0 Å². The lowest BCUT2D eigenvalue weighted by molar-refractivity contribution is 0.0701. The number of carboxylic acid groups (broad SMARTS) is 1. The SMILES string of the molecule is O=C(O)c1sccc1Cn1c(=O)oc2cccnc21. The molecule has 7 heteroatoms. The Kier molecular flexibility index (Phi) is 2.68. The second-order valence-electron chi connectivity index (χ2n) is 3.86. The smallest absolute Gasteiger partial charge is 0.421 e. The van der Waals surface area contributed by atoms with Crippen LogP contribution in [0.4, 0.5) is 0 Å². The molecule has 0 radical (unpaired) electrons. The minimum atomic E-state index is -1.00. The highest BCUT2D eigenvalue weighted by atomic mass is 32.1. The van der Waals surface area contributed by atoms with E-state index in [9.17, 15) is 9.59 Å². The second-order valence-corrected chi connectivity index (χ2v) is 4.78. The zero-order valence-electron chi connectivity index (χ0n) is 9.57. The fourth-order valence-electron chi connectivity index (χ4n) is 1.86. The first-order valence-electron chi connectivity index (χ1n) is 5.41. The highest BCUT2D eigenvalue weighted by molar-refractivity contribution is 7.12. The van der Waals surface area contributed by atoms with E-state index in [2.05, 4.69) is 4.98 Å². The first-order valence-corrected chi connectivity index (χ1v) is 6.29. The Morgan fingerprint density at radius 2 is 2.32 bits per heavy atom. The van der Waals surface area contributed by atoms with Gasteiger partial charge >= 0.3 is 11.7 Å². The Bertz CT molecular complexity index is 814. The van der Waals surface area contributed by atoms with Gasteiger partial charge in [-0.15, -0.1) is 11.3 Å². The van der Waals surface area contributed by atoms with Gasteiger partial charge in [0.05, 0.1) is 6.54 Å². The number of thiophene rings is 1. The standard InChI is InChI=1S/C12H8N2O4S/c15-11(16)9-7(3-5-19-9)6-14-10-8(18-12(14)17)2-1-4-13-10/h1-5H,6H2,(H,15,16). The fourth-order valence-corrected chi connectivity index (χ4v) is 2.61. The van der Waals surface area contributed by atoms with Crippen LogP contribution in [0.25, 0.3) is 11.2 Å². The lowest BCUT2D eigenvalue weighted by Crippen LogP contribution is -2.16. The lowest BCUT2D eigenvalue weighted by Gasteiger charge is -2.01. The maximum absolute atomic E-state index is 11.8. The molecule has 0 aliphatic rings. The number of pyridine rings is 1. The second kappa shape index (κ2) is 4.36. The van der Waals surface area contributed by atoms with Crippen LogP contribution in [0.3, 0.4) is 0 Å². The van der Waals surface area contributed by atoms with Crippen LogP contribution in [0.1, 0.15) is 15.2 Å². The molecule has 0 amide bonds. The normalized spacial score (nSPS) is 10.9. The molecule has 3 aromatic heterocycles. The predicted octanol–water partition coefficient (Wildman–Crippen LogP) is 1.80. The van der Waals surface area contributed by atoms with Gasteiger partial charge in [0.15, 0.2) is 11.2 Å². The third kappa shape index (κ3) is 1.93. The molecule has 1 N–H and O–H groups in total. The van der Waals surface area contributed by atoms with Crippen LogP contribution in [0.5, 0.6) is 0 Å². The van der Waals surface area contributed by atoms with E-state index >= 15 is 0 Å². The number of oxazole rings is 1. The third-order valence-corrected chi connectivity index (χ3v) is 3.64. The molecule has 6 nitrogen and oxygen atoms in total. The molecule has 0 saturated carbocycles. The molecule has 19 heavy (non-hydrogen) atoms. The predicted molar refractivity (Wildman–Crippen MR) is 68.6 cm³/mol. The van der Waals surface area contributed by atoms with E-state index in [4.69, 9.17) is 9.52 Å². The topological polar surface area (TPSA) is 85.3 Å². The Morgan fingerprint density at radius 3 is 3.11 bits per heavy atom. The van der Waals surface area contributed by atoms with Crippen LogP contribution in [-0.4, -0.2) is 20.6 Å². The number of aromatic nitrogens is 2. The van der Waals surface area contributed by atoms with Gasteiger partial charge in [-0.25, -0.2) is 14.6 Å².